The molecule has 0 aliphatic heterocycles. The molecular formula is C21H18ClNO4S. The van der Waals surface area contributed by atoms with Crippen LogP contribution in [-0.4, -0.2) is 21.4 Å². The summed E-state index contributed by atoms with van der Waals surface area (Å²) in [5.41, 5.74) is 1.50. The lowest BCUT2D eigenvalue weighted by molar-refractivity contribution is -0.120. The molecule has 0 bridgehead atoms. The first kappa shape index (κ1) is 18.8. The molecule has 3 aromatic rings. The quantitative estimate of drug-likeness (QED) is 0.698. The summed E-state index contributed by atoms with van der Waals surface area (Å²) in [5.74, 6) is -0.666. The van der Waals surface area contributed by atoms with Crippen molar-refractivity contribution in [2.45, 2.75) is 23.7 Å². The molecule has 1 aliphatic rings. The summed E-state index contributed by atoms with van der Waals surface area (Å²) in [6.07, 6.45) is 1.07. The van der Waals surface area contributed by atoms with Crippen LogP contribution < -0.4 is 9.46 Å². The van der Waals surface area contributed by atoms with Crippen LogP contribution in [0.25, 0.3) is 10.8 Å². The Balaban J connectivity index is 1.70. The molecule has 144 valence electrons. The van der Waals surface area contributed by atoms with Crippen LogP contribution in [-0.2, 0) is 21.2 Å². The van der Waals surface area contributed by atoms with Crippen LogP contribution in [0.4, 0.5) is 0 Å². The summed E-state index contributed by atoms with van der Waals surface area (Å²) in [4.78, 5) is 13.0. The minimum atomic E-state index is -4.03. The molecule has 0 radical (unpaired) electrons. The maximum atomic E-state index is 13.0. The van der Waals surface area contributed by atoms with Crippen LogP contribution >= 0.6 is 11.6 Å². The predicted molar refractivity (Wildman–Crippen MR) is 108 cm³/mol. The highest BCUT2D eigenvalue weighted by molar-refractivity contribution is 7.90. The van der Waals surface area contributed by atoms with Gasteiger partial charge in [-0.2, -0.15) is 0 Å². The van der Waals surface area contributed by atoms with Gasteiger partial charge in [-0.05, 0) is 42.0 Å². The van der Waals surface area contributed by atoms with E-state index in [2.05, 4.69) is 4.72 Å². The first-order chi connectivity index (χ1) is 13.4. The zero-order chi connectivity index (χ0) is 19.9. The van der Waals surface area contributed by atoms with Crippen molar-refractivity contribution in [3.8, 4) is 5.75 Å². The van der Waals surface area contributed by atoms with Gasteiger partial charge in [-0.3, -0.25) is 4.79 Å². The van der Waals surface area contributed by atoms with Gasteiger partial charge in [0.1, 0.15) is 5.75 Å². The lowest BCUT2D eigenvalue weighted by Gasteiger charge is -2.16. The topological polar surface area (TPSA) is 72.5 Å². The lowest BCUT2D eigenvalue weighted by Crippen LogP contribution is -2.34. The van der Waals surface area contributed by atoms with Crippen LogP contribution in [0.1, 0.15) is 23.5 Å². The number of carbonyl (C=O) groups is 1. The number of halogens is 1. The molecule has 1 aliphatic carbocycles. The number of benzene rings is 3. The first-order valence-electron chi connectivity index (χ1n) is 8.82. The highest BCUT2D eigenvalue weighted by Crippen LogP contribution is 2.43. The maximum absolute atomic E-state index is 13.0. The molecule has 1 atom stereocenters. The molecule has 3 aromatic carbocycles. The highest BCUT2D eigenvalue weighted by atomic mass is 35.5. The fourth-order valence-corrected chi connectivity index (χ4v) is 5.32. The monoisotopic (exact) mass is 415 g/mol. The molecule has 28 heavy (non-hydrogen) atoms. The number of sulfonamides is 1. The third-order valence-corrected chi connectivity index (χ3v) is 6.86. The molecule has 0 fully saturated rings. The second kappa shape index (κ2) is 7.11. The molecule has 1 N–H and O–H groups in total. The van der Waals surface area contributed by atoms with E-state index in [0.29, 0.717) is 34.6 Å². The number of hydrogen-bond acceptors (Lipinski definition) is 4. The lowest BCUT2D eigenvalue weighted by atomic mass is 10.00. The number of amides is 1. The Morgan fingerprint density at radius 2 is 1.86 bits per heavy atom. The van der Waals surface area contributed by atoms with E-state index < -0.39 is 21.8 Å². The molecular weight excluding hydrogens is 398 g/mol. The summed E-state index contributed by atoms with van der Waals surface area (Å²) >= 11 is 6.26. The largest absolute Gasteiger partial charge is 0.496 e. The van der Waals surface area contributed by atoms with Gasteiger partial charge in [-0.15, -0.1) is 0 Å². The smallest absolute Gasteiger partial charge is 0.264 e. The molecule has 1 amide bonds. The van der Waals surface area contributed by atoms with E-state index in [9.17, 15) is 13.2 Å². The van der Waals surface area contributed by atoms with Crippen LogP contribution in [0.5, 0.6) is 5.75 Å². The van der Waals surface area contributed by atoms with E-state index in [-0.39, 0.29) is 4.90 Å². The van der Waals surface area contributed by atoms with Crippen LogP contribution in [0, 0.1) is 0 Å². The summed E-state index contributed by atoms with van der Waals surface area (Å²) < 4.78 is 33.5. The first-order valence-corrected chi connectivity index (χ1v) is 10.7. The summed E-state index contributed by atoms with van der Waals surface area (Å²) in [5, 5.41) is 1.92. The summed E-state index contributed by atoms with van der Waals surface area (Å²) in [6.45, 7) is 0. The maximum Gasteiger partial charge on any atom is 0.264 e. The van der Waals surface area contributed by atoms with E-state index in [4.69, 9.17) is 16.3 Å². The third kappa shape index (κ3) is 3.12. The molecule has 0 saturated heterocycles. The van der Waals surface area contributed by atoms with Crippen LogP contribution in [0.2, 0.25) is 5.02 Å². The average Bonchev–Trinajstić information content (AvgIpc) is 3.14. The Labute approximate surface area is 168 Å². The minimum absolute atomic E-state index is 0.0789. The van der Waals surface area contributed by atoms with Gasteiger partial charge in [0.05, 0.1) is 17.9 Å². The second-order valence-electron chi connectivity index (χ2n) is 6.68. The van der Waals surface area contributed by atoms with E-state index in [1.54, 1.807) is 30.3 Å². The number of rotatable bonds is 4. The van der Waals surface area contributed by atoms with Gasteiger partial charge in [0, 0.05) is 16.0 Å². The van der Waals surface area contributed by atoms with Gasteiger partial charge in [0.2, 0.25) is 5.91 Å². The normalized spacial score (nSPS) is 16.0. The number of fused-ring (bicyclic) bond motifs is 2. The zero-order valence-electron chi connectivity index (χ0n) is 15.1. The van der Waals surface area contributed by atoms with Crippen LogP contribution in [0.15, 0.2) is 59.5 Å². The Kier molecular flexibility index (Phi) is 4.77. The van der Waals surface area contributed by atoms with Crippen molar-refractivity contribution in [3.05, 3.63) is 70.7 Å². The van der Waals surface area contributed by atoms with E-state index in [1.165, 1.54) is 13.2 Å². The van der Waals surface area contributed by atoms with Gasteiger partial charge in [0.25, 0.3) is 10.0 Å². The number of hydrogen-bond donors (Lipinski definition) is 1. The fraction of sp³-hybridized carbons (Fsp3) is 0.190. The van der Waals surface area contributed by atoms with Gasteiger partial charge in [-0.25, -0.2) is 13.1 Å². The molecule has 4 rings (SSSR count). The third-order valence-electron chi connectivity index (χ3n) is 5.10. The SMILES string of the molecule is COc1ccc(Cl)c2c1[C@H](C(=O)NS(=O)(=O)c1cccc3ccccc13)CC2. The van der Waals surface area contributed by atoms with Crippen molar-refractivity contribution >= 4 is 38.3 Å². The molecule has 5 nitrogen and oxygen atoms in total. The summed E-state index contributed by atoms with van der Waals surface area (Å²) in [7, 11) is -2.51. The Bertz CT molecular complexity index is 1180. The molecule has 0 unspecified atom stereocenters. The van der Waals surface area contributed by atoms with Crippen molar-refractivity contribution in [1.29, 1.82) is 0 Å². The van der Waals surface area contributed by atoms with E-state index in [0.717, 1.165) is 10.9 Å². The fourth-order valence-electron chi connectivity index (χ4n) is 3.81. The number of ether oxygens (including phenoxy) is 1. The standard InChI is InChI=1S/C21H18ClNO4S/c1-27-18-12-11-17(22)15-9-10-16(20(15)18)21(24)23-28(25,26)19-8-4-6-13-5-2-3-7-14(13)19/h2-8,11-12,16H,9-10H2,1H3,(H,23,24)/t16-/m1/s1. The zero-order valence-corrected chi connectivity index (χ0v) is 16.7. The predicted octanol–water partition coefficient (Wildman–Crippen LogP) is 4.04. The Morgan fingerprint density at radius 1 is 1.11 bits per heavy atom. The Morgan fingerprint density at radius 3 is 2.64 bits per heavy atom. The summed E-state index contributed by atoms with van der Waals surface area (Å²) in [6, 6.07) is 15.6. The van der Waals surface area contributed by atoms with Gasteiger partial charge < -0.3 is 4.74 Å². The van der Waals surface area contributed by atoms with Crippen LogP contribution in [0.3, 0.4) is 0 Å². The number of carbonyl (C=O) groups excluding carboxylic acids is 1. The molecule has 0 aromatic heterocycles. The van der Waals surface area contributed by atoms with E-state index >= 15 is 0 Å². The van der Waals surface area contributed by atoms with Crippen molar-refractivity contribution in [2.24, 2.45) is 0 Å². The molecule has 0 saturated carbocycles. The highest BCUT2D eigenvalue weighted by Gasteiger charge is 2.35. The number of nitrogens with one attached hydrogen (secondary N) is 1. The minimum Gasteiger partial charge on any atom is -0.496 e. The molecule has 0 heterocycles. The van der Waals surface area contributed by atoms with Gasteiger partial charge in [-0.1, -0.05) is 48.0 Å². The Hall–Kier alpha value is -2.57. The molecule has 7 heteroatoms. The van der Waals surface area contributed by atoms with Gasteiger partial charge >= 0.3 is 0 Å². The second-order valence-corrected chi connectivity index (χ2v) is 8.74. The van der Waals surface area contributed by atoms with Crippen molar-refractivity contribution < 1.29 is 17.9 Å². The van der Waals surface area contributed by atoms with Crippen molar-refractivity contribution in [3.63, 3.8) is 0 Å². The van der Waals surface area contributed by atoms with E-state index in [1.807, 2.05) is 18.2 Å². The van der Waals surface area contributed by atoms with Crippen molar-refractivity contribution in [2.75, 3.05) is 7.11 Å². The number of methoxy groups -OCH3 is 1. The average molecular weight is 416 g/mol. The van der Waals surface area contributed by atoms with Crippen molar-refractivity contribution in [1.82, 2.24) is 4.72 Å². The molecule has 0 spiro atoms. The van der Waals surface area contributed by atoms with Gasteiger partial charge in [0.15, 0.2) is 0 Å².